The molecular formula is C65H83N13O8S. The van der Waals surface area contributed by atoms with Gasteiger partial charge in [-0.25, -0.2) is 19.8 Å². The molecule has 6 N–H and O–H groups in total. The number of thiazole rings is 1. The van der Waals surface area contributed by atoms with Crippen molar-refractivity contribution in [3.05, 3.63) is 95.0 Å². The van der Waals surface area contributed by atoms with E-state index in [1.54, 1.807) is 66.4 Å². The van der Waals surface area contributed by atoms with E-state index in [9.17, 15) is 39.3 Å². The number of aliphatic imine (C=N–C) groups is 1. The van der Waals surface area contributed by atoms with E-state index < -0.39 is 35.6 Å². The number of hydrogen-bond donors (Lipinski definition) is 5. The van der Waals surface area contributed by atoms with Gasteiger partial charge in [0.1, 0.15) is 23.5 Å². The third-order valence-electron chi connectivity index (χ3n) is 18.6. The van der Waals surface area contributed by atoms with E-state index in [1.165, 1.54) is 17.8 Å². The van der Waals surface area contributed by atoms with Crippen LogP contribution in [0.2, 0.25) is 0 Å². The summed E-state index contributed by atoms with van der Waals surface area (Å²) in [5.41, 5.74) is 10.7. The molecule has 11 rings (SSSR count). The van der Waals surface area contributed by atoms with E-state index in [1.807, 2.05) is 31.2 Å². The maximum Gasteiger partial charge on any atom is 0.355 e. The maximum atomic E-state index is 13.5. The summed E-state index contributed by atoms with van der Waals surface area (Å²) in [6, 6.07) is 15.3. The van der Waals surface area contributed by atoms with Gasteiger partial charge in [-0.2, -0.15) is 5.10 Å². The van der Waals surface area contributed by atoms with Gasteiger partial charge in [-0.15, -0.1) is 0 Å². The number of carbonyl (C=O) groups is 6. The summed E-state index contributed by atoms with van der Waals surface area (Å²) in [7, 11) is 5.95. The van der Waals surface area contributed by atoms with Crippen LogP contribution in [0, 0.1) is 28.6 Å². The Morgan fingerprint density at radius 3 is 2.32 bits per heavy atom. The van der Waals surface area contributed by atoms with Gasteiger partial charge in [0.25, 0.3) is 11.8 Å². The van der Waals surface area contributed by atoms with Gasteiger partial charge < -0.3 is 35.6 Å². The van der Waals surface area contributed by atoms with Crippen molar-refractivity contribution >= 4 is 85.4 Å². The first-order valence-electron chi connectivity index (χ1n) is 30.6. The Bertz CT molecular complexity index is 3520. The quantitative estimate of drug-likeness (QED) is 0.0135. The number of amides is 5. The van der Waals surface area contributed by atoms with E-state index in [4.69, 9.17) is 20.6 Å². The Labute approximate surface area is 512 Å². The highest BCUT2D eigenvalue weighted by atomic mass is 32.1. The minimum absolute atomic E-state index is 0.0361. The Hall–Kier alpha value is -7.69. The molecule has 6 aliphatic rings. The van der Waals surface area contributed by atoms with Crippen LogP contribution in [0.5, 0.6) is 0 Å². The van der Waals surface area contributed by atoms with Crippen LogP contribution < -0.4 is 21.3 Å². The van der Waals surface area contributed by atoms with Crippen LogP contribution in [0.25, 0.3) is 21.3 Å². The summed E-state index contributed by atoms with van der Waals surface area (Å²) in [5.74, 6) is -2.79. The number of benzene rings is 2. The van der Waals surface area contributed by atoms with Crippen LogP contribution >= 0.6 is 11.3 Å². The lowest BCUT2D eigenvalue weighted by atomic mass is 9.61. The molecule has 4 saturated carbocycles. The monoisotopic (exact) mass is 1210 g/mol. The fraction of sp³-hybridized carbons (Fsp3) is 0.523. The maximum absolute atomic E-state index is 13.5. The molecule has 3 aromatic heterocycles. The number of nitrogens with zero attached hydrogens (tertiary/aromatic N) is 9. The molecule has 5 amide bonds. The second-order valence-corrected chi connectivity index (χ2v) is 26.9. The van der Waals surface area contributed by atoms with Crippen LogP contribution in [0.4, 0.5) is 16.6 Å². The van der Waals surface area contributed by atoms with Crippen molar-refractivity contribution in [3.63, 3.8) is 0 Å². The summed E-state index contributed by atoms with van der Waals surface area (Å²) in [5, 5.41) is 31.3. The van der Waals surface area contributed by atoms with Crippen LogP contribution in [-0.2, 0) is 25.7 Å². The molecule has 3 unspecified atom stereocenters. The Morgan fingerprint density at radius 1 is 0.874 bits per heavy atom. The number of aromatic carboxylic acids is 1. The minimum Gasteiger partial charge on any atom is -0.476 e. The first kappa shape index (κ1) is 62.4. The zero-order valence-electron chi connectivity index (χ0n) is 51.3. The van der Waals surface area contributed by atoms with E-state index >= 15 is 0 Å². The van der Waals surface area contributed by atoms with E-state index in [0.29, 0.717) is 79.6 Å². The number of likely N-dealkylation sites (N-methyl/N-ethyl adjacent to an activating group) is 1. The Morgan fingerprint density at radius 2 is 1.60 bits per heavy atom. The number of carboxylic acids is 1. The zero-order valence-corrected chi connectivity index (χ0v) is 52.1. The number of ether oxygens (including phenoxy) is 1. The number of aromatic nitrogens is 4. The highest BCUT2D eigenvalue weighted by Gasteiger charge is 2.74. The largest absolute Gasteiger partial charge is 0.476 e. The molecule has 4 aliphatic carbocycles. The molecule has 87 heavy (non-hydrogen) atoms. The van der Waals surface area contributed by atoms with E-state index in [2.05, 4.69) is 58.1 Å². The average Bonchev–Trinajstić information content (AvgIpc) is 1.51. The van der Waals surface area contributed by atoms with Gasteiger partial charge in [-0.3, -0.25) is 44.3 Å². The lowest BCUT2D eigenvalue weighted by molar-refractivity contribution is -0.136. The van der Waals surface area contributed by atoms with E-state index in [-0.39, 0.29) is 74.9 Å². The van der Waals surface area contributed by atoms with Crippen molar-refractivity contribution in [2.75, 3.05) is 64.1 Å². The molecule has 4 bridgehead atoms. The molecule has 0 spiro atoms. The SMILES string of the molecule is CC(=C/C(=N)N(CCCCN(C)C(=O)CCCCCCCCNc1cccc2c1C(=O)N(C1CCC(=O)NC1=O)C2=O)c1ccc(-c2cnn(CC34CC5(C)CC(C)(C3)CC4(OCCN(C)C)C5)c2C)c(C(=O)O)n1)/C(N)=N/c1nc2ccccc2s1. The van der Waals surface area contributed by atoms with Crippen LogP contribution in [0.15, 0.2) is 77.4 Å². The fourth-order valence-corrected chi connectivity index (χ4v) is 15.9. The van der Waals surface area contributed by atoms with Gasteiger partial charge in [0.05, 0.1) is 39.7 Å². The molecule has 22 heteroatoms. The van der Waals surface area contributed by atoms with Crippen LogP contribution in [0.1, 0.15) is 160 Å². The summed E-state index contributed by atoms with van der Waals surface area (Å²) in [4.78, 5) is 98.1. The second kappa shape index (κ2) is 25.6. The van der Waals surface area contributed by atoms with Crippen molar-refractivity contribution in [1.82, 2.24) is 39.8 Å². The van der Waals surface area contributed by atoms with Crippen LogP contribution in [-0.4, -0.2) is 152 Å². The zero-order chi connectivity index (χ0) is 62.0. The van der Waals surface area contributed by atoms with Crippen LogP contribution in [0.3, 0.4) is 0 Å². The third-order valence-corrected chi connectivity index (χ3v) is 19.5. The van der Waals surface area contributed by atoms with Gasteiger partial charge in [0.15, 0.2) is 5.69 Å². The predicted molar refractivity (Wildman–Crippen MR) is 337 cm³/mol. The first-order valence-corrected chi connectivity index (χ1v) is 31.5. The minimum atomic E-state index is -1.20. The van der Waals surface area contributed by atoms with Crippen molar-refractivity contribution in [1.29, 1.82) is 5.41 Å². The number of fused-ring (bicyclic) bond motifs is 2. The standard InChI is InChI=1S/C65H83N13O8S/c1-41(56(67)73-61-70-46-20-13-14-22-49(46)87-61)33-50(66)76(51-26-24-43(55(71-51)60(84)85)45-34-69-77(42(45)2)40-64-36-62(3)35-63(4,37-64)39-65(64,38-62)86-32-31-74(5)6)30-17-16-29-75(7)53(80)23-12-10-8-9-11-15-28-68-47-21-18-19-44-54(47)59(83)78(58(44)82)48-25-27-52(79)72-57(48)81/h13-14,18-22,24,26,33-34,48,66,68H,8-12,15-17,23,25,27-32,35-40H2,1-7H3,(H,84,85)(H2,67,70,73)(H,72,79,81)/b41-33-,66-50?. The lowest BCUT2D eigenvalue weighted by Gasteiger charge is -2.44. The molecule has 5 heterocycles. The molecule has 462 valence electrons. The predicted octanol–water partition coefficient (Wildman–Crippen LogP) is 9.77. The normalized spacial score (nSPS) is 23.3. The molecule has 2 aliphatic heterocycles. The number of para-hydroxylation sites is 1. The third kappa shape index (κ3) is 13.1. The molecule has 5 fully saturated rings. The first-order chi connectivity index (χ1) is 41.5. The molecule has 5 aromatic rings. The number of carbonyl (C=O) groups excluding carboxylic acids is 5. The number of nitrogens with two attached hydrogens (primary N) is 1. The number of imide groups is 2. The molecule has 1 saturated heterocycles. The summed E-state index contributed by atoms with van der Waals surface area (Å²) in [6.07, 6.45) is 15.8. The van der Waals surface area contributed by atoms with Gasteiger partial charge in [-0.05, 0) is 151 Å². The number of hydrogen-bond acceptors (Lipinski definition) is 15. The summed E-state index contributed by atoms with van der Waals surface area (Å²) < 4.78 is 10.0. The smallest absolute Gasteiger partial charge is 0.355 e. The number of pyridine rings is 1. The van der Waals surface area contributed by atoms with Crippen molar-refractivity contribution in [2.24, 2.45) is 27.0 Å². The number of piperidine rings is 1. The summed E-state index contributed by atoms with van der Waals surface area (Å²) in [6.45, 7) is 12.2. The van der Waals surface area contributed by atoms with Gasteiger partial charge in [0, 0.05) is 80.5 Å². The second-order valence-electron chi connectivity index (χ2n) is 25.9. The van der Waals surface area contributed by atoms with Crippen molar-refractivity contribution in [2.45, 2.75) is 149 Å². The van der Waals surface area contributed by atoms with E-state index in [0.717, 1.165) is 91.6 Å². The number of amidine groups is 2. The fourth-order valence-electron chi connectivity index (χ4n) is 15.1. The molecule has 2 aromatic carbocycles. The van der Waals surface area contributed by atoms with Gasteiger partial charge in [0.2, 0.25) is 22.9 Å². The molecular weight excluding hydrogens is 1120 g/mol. The number of nitrogens with one attached hydrogen (secondary N) is 3. The number of carboxylic acid groups (broad SMARTS) is 1. The van der Waals surface area contributed by atoms with Crippen molar-refractivity contribution in [3.8, 4) is 11.1 Å². The Kier molecular flexibility index (Phi) is 18.3. The average molecular weight is 1210 g/mol. The number of anilines is 2. The van der Waals surface area contributed by atoms with Crippen molar-refractivity contribution < 1.29 is 38.6 Å². The summed E-state index contributed by atoms with van der Waals surface area (Å²) >= 11 is 1.41. The topological polar surface area (TPSA) is 275 Å². The lowest BCUT2D eigenvalue weighted by Crippen LogP contribution is -2.54. The highest BCUT2D eigenvalue weighted by molar-refractivity contribution is 7.22. The molecule has 0 radical (unpaired) electrons. The Balaban J connectivity index is 0.744. The molecule has 21 nitrogen and oxygen atoms in total. The number of unbranched alkanes of at least 4 members (excludes halogenated alkanes) is 6. The molecule has 3 atom stereocenters. The van der Waals surface area contributed by atoms with Gasteiger partial charge in [-0.1, -0.05) is 69.1 Å². The number of rotatable bonds is 28. The van der Waals surface area contributed by atoms with Gasteiger partial charge >= 0.3 is 5.97 Å². The highest BCUT2D eigenvalue weighted by Crippen LogP contribution is 2.77.